The molecule has 190 valence electrons. The fraction of sp³-hybridized carbons (Fsp3) is 0.333. The van der Waals surface area contributed by atoms with Crippen LogP contribution in [0.5, 0.6) is 5.75 Å². The van der Waals surface area contributed by atoms with Crippen LogP contribution in [0.1, 0.15) is 42.5 Å². The third kappa shape index (κ3) is 7.69. The number of ether oxygens (including phenoxy) is 1. The Kier molecular flexibility index (Phi) is 10.1. The number of hydrogen-bond donors (Lipinski definition) is 1. The zero-order chi connectivity index (χ0) is 26.1. The summed E-state index contributed by atoms with van der Waals surface area (Å²) in [5.74, 6) is 0.231. The molecule has 0 aliphatic rings. The molecule has 0 saturated carbocycles. The van der Waals surface area contributed by atoms with Crippen molar-refractivity contribution >= 4 is 27.7 Å². The van der Waals surface area contributed by atoms with Gasteiger partial charge in [-0.2, -0.15) is 0 Å². The van der Waals surface area contributed by atoms with E-state index >= 15 is 0 Å². The fourth-order valence-corrected chi connectivity index (χ4v) is 4.22. The first-order valence-corrected chi connectivity index (χ1v) is 13.1. The molecule has 0 fully saturated rings. The van der Waals surface area contributed by atoms with Crippen LogP contribution in [-0.4, -0.2) is 35.4 Å². The molecule has 0 saturated heterocycles. The van der Waals surface area contributed by atoms with Gasteiger partial charge >= 0.3 is 0 Å². The Bertz CT molecular complexity index is 1130. The molecule has 3 aromatic carbocycles. The summed E-state index contributed by atoms with van der Waals surface area (Å²) in [5.41, 5.74) is 4.02. The maximum atomic E-state index is 13.7. The molecule has 36 heavy (non-hydrogen) atoms. The quantitative estimate of drug-likeness (QED) is 0.318. The van der Waals surface area contributed by atoms with Gasteiger partial charge in [-0.3, -0.25) is 9.59 Å². The lowest BCUT2D eigenvalue weighted by molar-refractivity contribution is -0.143. The molecule has 3 aromatic rings. The first kappa shape index (κ1) is 27.5. The van der Waals surface area contributed by atoms with Crippen LogP contribution in [0.2, 0.25) is 0 Å². The van der Waals surface area contributed by atoms with Gasteiger partial charge < -0.3 is 15.0 Å². The molecule has 1 N–H and O–H groups in total. The first-order chi connectivity index (χ1) is 17.3. The average Bonchev–Trinajstić information content (AvgIpc) is 2.88. The highest BCUT2D eigenvalue weighted by molar-refractivity contribution is 9.10. The minimum Gasteiger partial charge on any atom is -0.484 e. The van der Waals surface area contributed by atoms with Crippen molar-refractivity contribution in [2.45, 2.75) is 59.2 Å². The fourth-order valence-electron chi connectivity index (χ4n) is 3.99. The summed E-state index contributed by atoms with van der Waals surface area (Å²) in [4.78, 5) is 28.8. The minimum atomic E-state index is -0.675. The van der Waals surface area contributed by atoms with Crippen molar-refractivity contribution in [1.29, 1.82) is 0 Å². The summed E-state index contributed by atoms with van der Waals surface area (Å²) in [6, 6.07) is 22.7. The molecule has 0 radical (unpaired) electrons. The van der Waals surface area contributed by atoms with Crippen molar-refractivity contribution in [3.8, 4) is 5.75 Å². The smallest absolute Gasteiger partial charge is 0.261 e. The molecule has 3 rings (SSSR count). The Balaban J connectivity index is 1.90. The van der Waals surface area contributed by atoms with E-state index in [0.29, 0.717) is 18.7 Å². The Labute approximate surface area is 223 Å². The van der Waals surface area contributed by atoms with Gasteiger partial charge in [0.25, 0.3) is 5.91 Å². The van der Waals surface area contributed by atoms with Gasteiger partial charge in [-0.1, -0.05) is 83.5 Å². The highest BCUT2D eigenvalue weighted by Gasteiger charge is 2.31. The largest absolute Gasteiger partial charge is 0.484 e. The van der Waals surface area contributed by atoms with Gasteiger partial charge in [0.2, 0.25) is 5.91 Å². The summed E-state index contributed by atoms with van der Waals surface area (Å²) in [7, 11) is 0. The van der Waals surface area contributed by atoms with Crippen molar-refractivity contribution in [2.24, 2.45) is 0 Å². The predicted octanol–water partition coefficient (Wildman–Crippen LogP) is 6.00. The molecule has 2 amide bonds. The van der Waals surface area contributed by atoms with Crippen LogP contribution in [-0.2, 0) is 22.6 Å². The Morgan fingerprint density at radius 2 is 1.50 bits per heavy atom. The lowest BCUT2D eigenvalue weighted by Gasteiger charge is -2.32. The molecular weight excluding hydrogens is 516 g/mol. The van der Waals surface area contributed by atoms with E-state index in [9.17, 15) is 9.59 Å². The van der Waals surface area contributed by atoms with E-state index in [4.69, 9.17) is 4.74 Å². The average molecular weight is 552 g/mol. The molecule has 0 aromatic heterocycles. The molecule has 6 heteroatoms. The molecule has 0 aliphatic carbocycles. The Morgan fingerprint density at radius 1 is 0.944 bits per heavy atom. The number of nitrogens with zero attached hydrogens (tertiary/aromatic N) is 1. The summed E-state index contributed by atoms with van der Waals surface area (Å²) in [6.45, 7) is 8.13. The van der Waals surface area contributed by atoms with Crippen molar-refractivity contribution in [3.63, 3.8) is 0 Å². The lowest BCUT2D eigenvalue weighted by Crippen LogP contribution is -2.53. The molecule has 0 bridgehead atoms. The highest BCUT2D eigenvalue weighted by atomic mass is 79.9. The second-order valence-electron chi connectivity index (χ2n) is 9.19. The van der Waals surface area contributed by atoms with Crippen molar-refractivity contribution in [3.05, 3.63) is 99.5 Å². The normalized spacial score (nSPS) is 12.5. The number of nitrogens with one attached hydrogen (secondary N) is 1. The number of carbonyl (C=O) groups excluding carboxylic acids is 2. The lowest BCUT2D eigenvalue weighted by atomic mass is 10.0. The Hall–Kier alpha value is -3.12. The van der Waals surface area contributed by atoms with Crippen molar-refractivity contribution < 1.29 is 14.3 Å². The van der Waals surface area contributed by atoms with Gasteiger partial charge in [0.1, 0.15) is 11.8 Å². The molecule has 5 nitrogen and oxygen atoms in total. The molecule has 2 atom stereocenters. The number of halogens is 1. The molecule has 0 heterocycles. The molecule has 0 spiro atoms. The molecule has 0 unspecified atom stereocenters. The monoisotopic (exact) mass is 550 g/mol. The molecular formula is C30H35BrN2O3. The first-order valence-electron chi connectivity index (χ1n) is 12.4. The van der Waals surface area contributed by atoms with E-state index in [2.05, 4.69) is 21.2 Å². The van der Waals surface area contributed by atoms with E-state index in [1.54, 1.807) is 4.90 Å². The number of hydrogen-bond acceptors (Lipinski definition) is 3. The summed E-state index contributed by atoms with van der Waals surface area (Å²) >= 11 is 3.57. The zero-order valence-corrected chi connectivity index (χ0v) is 23.0. The second kappa shape index (κ2) is 13.3. The minimum absolute atomic E-state index is 0.00872. The molecule has 0 aliphatic heterocycles. The highest BCUT2D eigenvalue weighted by Crippen LogP contribution is 2.26. The van der Waals surface area contributed by atoms with Gasteiger partial charge in [-0.25, -0.2) is 0 Å². The summed E-state index contributed by atoms with van der Waals surface area (Å²) < 4.78 is 6.97. The van der Waals surface area contributed by atoms with Crippen molar-refractivity contribution in [1.82, 2.24) is 10.2 Å². The Morgan fingerprint density at radius 3 is 2.06 bits per heavy atom. The standard InChI is InChI=1S/C30H35BrN2O3/c1-5-23(4)32-30(35)27(18-24-12-8-6-9-13-24)33(19-25-14-10-7-11-15-25)28(34)20-36-26-16-21(2)29(31)22(3)17-26/h6-17,23,27H,5,18-20H2,1-4H3,(H,32,35)/t23-,27-/m1/s1. The van der Waals surface area contributed by atoms with Crippen LogP contribution < -0.4 is 10.1 Å². The summed E-state index contributed by atoms with van der Waals surface area (Å²) in [5, 5.41) is 3.09. The van der Waals surface area contributed by atoms with Crippen LogP contribution in [0, 0.1) is 13.8 Å². The van der Waals surface area contributed by atoms with E-state index in [1.165, 1.54) is 0 Å². The zero-order valence-electron chi connectivity index (χ0n) is 21.5. The van der Waals surface area contributed by atoms with Gasteiger partial charge in [0.05, 0.1) is 0 Å². The number of rotatable bonds is 11. The summed E-state index contributed by atoms with van der Waals surface area (Å²) in [6.07, 6.45) is 1.22. The maximum absolute atomic E-state index is 13.7. The van der Waals surface area contributed by atoms with Gasteiger partial charge in [0, 0.05) is 23.5 Å². The third-order valence-corrected chi connectivity index (χ3v) is 7.49. The number of benzene rings is 3. The van der Waals surface area contributed by atoms with Crippen LogP contribution >= 0.6 is 15.9 Å². The van der Waals surface area contributed by atoms with Crippen molar-refractivity contribution in [2.75, 3.05) is 6.61 Å². The SMILES string of the molecule is CC[C@@H](C)NC(=O)[C@@H](Cc1ccccc1)N(Cc1ccccc1)C(=O)COc1cc(C)c(Br)c(C)c1. The van der Waals surface area contributed by atoms with Crippen LogP contribution in [0.25, 0.3) is 0 Å². The van der Waals surface area contributed by atoms with E-state index < -0.39 is 6.04 Å². The van der Waals surface area contributed by atoms with E-state index in [1.807, 2.05) is 100 Å². The van der Waals surface area contributed by atoms with E-state index in [0.717, 1.165) is 33.1 Å². The van der Waals surface area contributed by atoms with Gasteiger partial charge in [-0.15, -0.1) is 0 Å². The van der Waals surface area contributed by atoms with Gasteiger partial charge in [-0.05, 0) is 61.6 Å². The predicted molar refractivity (Wildman–Crippen MR) is 148 cm³/mol. The number of amides is 2. The van der Waals surface area contributed by atoms with E-state index in [-0.39, 0.29) is 24.5 Å². The second-order valence-corrected chi connectivity index (χ2v) is 9.98. The van der Waals surface area contributed by atoms with Crippen LogP contribution in [0.4, 0.5) is 0 Å². The number of carbonyl (C=O) groups is 2. The van der Waals surface area contributed by atoms with Crippen LogP contribution in [0.15, 0.2) is 77.3 Å². The topological polar surface area (TPSA) is 58.6 Å². The number of aryl methyl sites for hydroxylation is 2. The third-order valence-electron chi connectivity index (χ3n) is 6.24. The van der Waals surface area contributed by atoms with Crippen LogP contribution in [0.3, 0.4) is 0 Å². The maximum Gasteiger partial charge on any atom is 0.261 e. The van der Waals surface area contributed by atoms with Gasteiger partial charge in [0.15, 0.2) is 6.61 Å².